The van der Waals surface area contributed by atoms with Gasteiger partial charge in [0.05, 0.1) is 21.4 Å². The van der Waals surface area contributed by atoms with E-state index in [4.69, 9.17) is 16.3 Å². The number of carbonyl (C=O) groups is 1. The molecule has 168 valence electrons. The van der Waals surface area contributed by atoms with E-state index in [9.17, 15) is 14.9 Å². The molecule has 1 unspecified atom stereocenters. The minimum Gasteiger partial charge on any atom is -0.482 e. The van der Waals surface area contributed by atoms with Gasteiger partial charge < -0.3 is 14.6 Å². The number of nitrogens with one attached hydrogen (secondary N) is 1. The van der Waals surface area contributed by atoms with Crippen LogP contribution in [0.1, 0.15) is 30.0 Å². The number of nitrogens with zero attached hydrogens (tertiary/aromatic N) is 4. The lowest BCUT2D eigenvalue weighted by Gasteiger charge is -2.16. The topological polar surface area (TPSA) is 112 Å². The average Bonchev–Trinajstić information content (AvgIpc) is 3.11. The van der Waals surface area contributed by atoms with E-state index in [0.717, 1.165) is 16.9 Å². The van der Waals surface area contributed by atoms with Crippen molar-refractivity contribution in [3.8, 4) is 5.75 Å². The Morgan fingerprint density at radius 2 is 2.06 bits per heavy atom. The van der Waals surface area contributed by atoms with Gasteiger partial charge in [0, 0.05) is 19.2 Å². The van der Waals surface area contributed by atoms with E-state index >= 15 is 0 Å². The molecule has 0 spiro atoms. The Bertz CT molecular complexity index is 1170. The van der Waals surface area contributed by atoms with Crippen LogP contribution in [0.4, 0.5) is 11.4 Å². The molecule has 0 bridgehead atoms. The van der Waals surface area contributed by atoms with Crippen LogP contribution in [-0.4, -0.2) is 31.3 Å². The first kappa shape index (κ1) is 23.6. The van der Waals surface area contributed by atoms with Crippen LogP contribution >= 0.6 is 23.4 Å². The van der Waals surface area contributed by atoms with E-state index < -0.39 is 4.92 Å². The third-order valence-electron chi connectivity index (χ3n) is 4.86. The van der Waals surface area contributed by atoms with E-state index in [1.54, 1.807) is 11.6 Å². The molecule has 1 aromatic heterocycles. The quantitative estimate of drug-likeness (QED) is 0.281. The van der Waals surface area contributed by atoms with Gasteiger partial charge in [0.25, 0.3) is 5.69 Å². The Morgan fingerprint density at radius 1 is 1.31 bits per heavy atom. The van der Waals surface area contributed by atoms with Gasteiger partial charge in [0.2, 0.25) is 5.91 Å². The van der Waals surface area contributed by atoms with Gasteiger partial charge in [-0.3, -0.25) is 14.9 Å². The van der Waals surface area contributed by atoms with Crippen LogP contribution in [0.5, 0.6) is 5.75 Å². The van der Waals surface area contributed by atoms with Crippen LogP contribution in [0.2, 0.25) is 5.02 Å². The third kappa shape index (κ3) is 5.38. The number of hydrogen-bond acceptors (Lipinski definition) is 7. The summed E-state index contributed by atoms with van der Waals surface area (Å²) in [5.74, 6) is 1.05. The molecule has 0 aliphatic carbocycles. The molecule has 1 amide bonds. The van der Waals surface area contributed by atoms with Gasteiger partial charge in [-0.2, -0.15) is 0 Å². The summed E-state index contributed by atoms with van der Waals surface area (Å²) in [6, 6.07) is 9.74. The fraction of sp³-hybridized carbons (Fsp3) is 0.286. The molecule has 2 aromatic carbocycles. The molecule has 0 saturated heterocycles. The minimum atomic E-state index is -0.552. The van der Waals surface area contributed by atoms with Crippen LogP contribution < -0.4 is 10.1 Å². The van der Waals surface area contributed by atoms with Crippen LogP contribution in [0, 0.1) is 24.0 Å². The second-order valence-electron chi connectivity index (χ2n) is 7.12. The molecule has 0 aliphatic heterocycles. The summed E-state index contributed by atoms with van der Waals surface area (Å²) < 4.78 is 7.84. The lowest BCUT2D eigenvalue weighted by Crippen LogP contribution is -2.15. The van der Waals surface area contributed by atoms with Crippen molar-refractivity contribution in [1.82, 2.24) is 14.8 Å². The van der Waals surface area contributed by atoms with Crippen molar-refractivity contribution in [3.05, 3.63) is 68.5 Å². The number of halogens is 1. The summed E-state index contributed by atoms with van der Waals surface area (Å²) in [5, 5.41) is 22.6. The highest BCUT2D eigenvalue weighted by molar-refractivity contribution is 7.99. The number of aryl methyl sites for hydroxylation is 1. The molecule has 0 radical (unpaired) electrons. The predicted molar refractivity (Wildman–Crippen MR) is 123 cm³/mol. The highest BCUT2D eigenvalue weighted by Crippen LogP contribution is 2.29. The van der Waals surface area contributed by atoms with Gasteiger partial charge in [-0.25, -0.2) is 0 Å². The molecule has 9 nitrogen and oxygen atoms in total. The Hall–Kier alpha value is -3.11. The van der Waals surface area contributed by atoms with E-state index in [1.807, 2.05) is 39.0 Å². The maximum absolute atomic E-state index is 12.3. The number of nitro benzene ring substituents is 1. The lowest BCUT2D eigenvalue weighted by atomic mass is 10.1. The van der Waals surface area contributed by atoms with Gasteiger partial charge in [0.15, 0.2) is 17.1 Å². The number of nitro groups is 1. The van der Waals surface area contributed by atoms with Crippen LogP contribution in [0.3, 0.4) is 0 Å². The van der Waals surface area contributed by atoms with Gasteiger partial charge in [-0.15, -0.1) is 10.2 Å². The molecule has 3 aromatic rings. The Labute approximate surface area is 194 Å². The molecule has 0 saturated carbocycles. The molecular weight excluding hydrogens is 454 g/mol. The zero-order valence-electron chi connectivity index (χ0n) is 18.0. The number of ether oxygens (including phenoxy) is 1. The van der Waals surface area contributed by atoms with E-state index in [2.05, 4.69) is 15.5 Å². The second kappa shape index (κ2) is 10.0. The number of non-ortho nitro benzene ring substituents is 1. The monoisotopic (exact) mass is 475 g/mol. The number of rotatable bonds is 8. The molecule has 0 aliphatic rings. The number of aromatic nitrogens is 3. The SMILES string of the molecule is Cc1cccc(OC(C)c2nnc(SCC(=O)Nc3cc([N+](=O)[O-])ccc3Cl)n2C)c1C. The Balaban J connectivity index is 1.63. The summed E-state index contributed by atoms with van der Waals surface area (Å²) in [5.41, 5.74) is 2.22. The normalized spacial score (nSPS) is 11.8. The number of hydrogen-bond donors (Lipinski definition) is 1. The van der Waals surface area contributed by atoms with Crippen molar-refractivity contribution in [1.29, 1.82) is 0 Å². The summed E-state index contributed by atoms with van der Waals surface area (Å²) >= 11 is 7.21. The van der Waals surface area contributed by atoms with E-state index in [0.29, 0.717) is 11.0 Å². The minimum absolute atomic E-state index is 0.0250. The molecule has 1 atom stereocenters. The lowest BCUT2D eigenvalue weighted by molar-refractivity contribution is -0.384. The second-order valence-corrected chi connectivity index (χ2v) is 8.47. The largest absolute Gasteiger partial charge is 0.482 e. The first-order valence-corrected chi connectivity index (χ1v) is 11.0. The summed E-state index contributed by atoms with van der Waals surface area (Å²) in [6.07, 6.45) is -0.347. The smallest absolute Gasteiger partial charge is 0.271 e. The van der Waals surface area contributed by atoms with Crippen LogP contribution in [-0.2, 0) is 11.8 Å². The average molecular weight is 476 g/mol. The maximum Gasteiger partial charge on any atom is 0.271 e. The Kier molecular flexibility index (Phi) is 7.37. The first-order chi connectivity index (χ1) is 15.2. The standard InChI is InChI=1S/C21H22ClN5O4S/c1-12-6-5-7-18(13(12)2)31-14(3)20-24-25-21(26(20)4)32-11-19(28)23-17-10-15(27(29)30)8-9-16(17)22/h5-10,14H,11H2,1-4H3,(H,23,28). The zero-order chi connectivity index (χ0) is 23.4. The maximum atomic E-state index is 12.3. The fourth-order valence-electron chi connectivity index (χ4n) is 2.94. The molecule has 32 heavy (non-hydrogen) atoms. The number of thioether (sulfide) groups is 1. The summed E-state index contributed by atoms with van der Waals surface area (Å²) in [4.78, 5) is 22.7. The fourth-order valence-corrected chi connectivity index (χ4v) is 3.82. The number of anilines is 1. The molecule has 11 heteroatoms. The number of amides is 1. The van der Waals surface area contributed by atoms with Crippen molar-refractivity contribution in [2.24, 2.45) is 7.05 Å². The van der Waals surface area contributed by atoms with Gasteiger partial charge >= 0.3 is 0 Å². The molecular formula is C21H22ClN5O4S. The van der Waals surface area contributed by atoms with Crippen LogP contribution in [0.15, 0.2) is 41.6 Å². The van der Waals surface area contributed by atoms with Crippen molar-refractivity contribution < 1.29 is 14.5 Å². The van der Waals surface area contributed by atoms with Gasteiger partial charge in [0.1, 0.15) is 5.75 Å². The van der Waals surface area contributed by atoms with Crippen molar-refractivity contribution in [2.75, 3.05) is 11.1 Å². The van der Waals surface area contributed by atoms with Crippen molar-refractivity contribution in [2.45, 2.75) is 32.0 Å². The molecule has 1 heterocycles. The summed E-state index contributed by atoms with van der Waals surface area (Å²) in [6.45, 7) is 5.91. The third-order valence-corrected chi connectivity index (χ3v) is 6.21. The highest BCUT2D eigenvalue weighted by Gasteiger charge is 2.19. The Morgan fingerprint density at radius 3 is 2.78 bits per heavy atom. The van der Waals surface area contributed by atoms with Gasteiger partial charge in [-0.05, 0) is 44.0 Å². The highest BCUT2D eigenvalue weighted by atomic mass is 35.5. The first-order valence-electron chi connectivity index (χ1n) is 9.66. The number of carbonyl (C=O) groups excluding carboxylic acids is 1. The number of benzene rings is 2. The van der Waals surface area contributed by atoms with E-state index in [1.165, 1.54) is 30.0 Å². The molecule has 0 fully saturated rings. The van der Waals surface area contributed by atoms with Gasteiger partial charge in [-0.1, -0.05) is 35.5 Å². The predicted octanol–water partition coefficient (Wildman–Crippen LogP) is 4.86. The van der Waals surface area contributed by atoms with E-state index in [-0.39, 0.29) is 34.2 Å². The molecule has 3 rings (SSSR count). The summed E-state index contributed by atoms with van der Waals surface area (Å²) in [7, 11) is 1.80. The van der Waals surface area contributed by atoms with Crippen molar-refractivity contribution >= 4 is 40.6 Å². The van der Waals surface area contributed by atoms with Crippen molar-refractivity contribution in [3.63, 3.8) is 0 Å². The van der Waals surface area contributed by atoms with Crippen LogP contribution in [0.25, 0.3) is 0 Å². The zero-order valence-corrected chi connectivity index (χ0v) is 19.5. The molecule has 1 N–H and O–H groups in total.